The summed E-state index contributed by atoms with van der Waals surface area (Å²) in [6, 6.07) is 20.0. The number of hydrogen-bond donors (Lipinski definition) is 3. The predicted molar refractivity (Wildman–Crippen MR) is 148 cm³/mol. The molecule has 3 aromatic heterocycles. The summed E-state index contributed by atoms with van der Waals surface area (Å²) in [5, 5.41) is 5.53. The highest BCUT2D eigenvalue weighted by Crippen LogP contribution is 2.30. The third-order valence-electron chi connectivity index (χ3n) is 6.10. The molecule has 0 aliphatic carbocycles. The number of nitrogens with zero attached hydrogens (tertiary/aromatic N) is 4. The first-order valence-corrected chi connectivity index (χ1v) is 12.2. The van der Waals surface area contributed by atoms with Gasteiger partial charge in [-0.05, 0) is 59.7 Å². The van der Waals surface area contributed by atoms with Gasteiger partial charge >= 0.3 is 0 Å². The summed E-state index contributed by atoms with van der Waals surface area (Å²) in [6.07, 6.45) is 4.12. The van der Waals surface area contributed by atoms with Crippen LogP contribution in [0.2, 0.25) is 0 Å². The van der Waals surface area contributed by atoms with Crippen molar-refractivity contribution >= 4 is 40.8 Å². The number of anilines is 2. The van der Waals surface area contributed by atoms with E-state index >= 15 is 0 Å². The van der Waals surface area contributed by atoms with Crippen molar-refractivity contribution in [3.8, 4) is 17.1 Å². The van der Waals surface area contributed by atoms with E-state index in [-0.39, 0.29) is 18.2 Å². The van der Waals surface area contributed by atoms with Gasteiger partial charge in [-0.3, -0.25) is 19.0 Å². The van der Waals surface area contributed by atoms with Gasteiger partial charge in [0.2, 0.25) is 11.8 Å². The van der Waals surface area contributed by atoms with Crippen molar-refractivity contribution in [3.05, 3.63) is 95.8 Å². The molecule has 194 valence electrons. The van der Waals surface area contributed by atoms with Gasteiger partial charge < -0.3 is 16.4 Å². The van der Waals surface area contributed by atoms with Crippen LogP contribution in [0.25, 0.3) is 28.2 Å². The number of carbonyl (C=O) groups excluding carboxylic acids is 3. The number of nitrogens with one attached hydrogen (secondary N) is 2. The fraction of sp³-hybridized carbons (Fsp3) is 0.103. The number of aromatic nitrogens is 4. The van der Waals surface area contributed by atoms with Crippen LogP contribution in [-0.2, 0) is 22.6 Å². The lowest BCUT2D eigenvalue weighted by Crippen LogP contribution is -2.24. The lowest BCUT2D eigenvalue weighted by atomic mass is 10.1. The van der Waals surface area contributed by atoms with Gasteiger partial charge in [-0.25, -0.2) is 15.0 Å². The summed E-state index contributed by atoms with van der Waals surface area (Å²) in [5.74, 6) is 0.525. The SMILES string of the molecule is CC(=O)Nc1cc(CC(=O)NCc2ccc(-n3c(-c4cccnc4N)nc4cccnc43)cc2)ccc1C=O. The van der Waals surface area contributed by atoms with Crippen LogP contribution in [0.1, 0.15) is 28.4 Å². The Morgan fingerprint density at radius 2 is 1.72 bits per heavy atom. The second-order valence-electron chi connectivity index (χ2n) is 8.89. The van der Waals surface area contributed by atoms with Gasteiger partial charge in [0.15, 0.2) is 17.8 Å². The van der Waals surface area contributed by atoms with Crippen LogP contribution in [0.5, 0.6) is 0 Å². The smallest absolute Gasteiger partial charge is 0.224 e. The van der Waals surface area contributed by atoms with Gasteiger partial charge in [0.25, 0.3) is 0 Å². The van der Waals surface area contributed by atoms with Crippen molar-refractivity contribution in [2.75, 3.05) is 11.1 Å². The van der Waals surface area contributed by atoms with Gasteiger partial charge in [-0.2, -0.15) is 0 Å². The number of nitrogens with two attached hydrogens (primary N) is 1. The first-order valence-electron chi connectivity index (χ1n) is 12.2. The van der Waals surface area contributed by atoms with Crippen molar-refractivity contribution in [2.45, 2.75) is 19.9 Å². The maximum absolute atomic E-state index is 12.6. The summed E-state index contributed by atoms with van der Waals surface area (Å²) in [4.78, 5) is 48.7. The van der Waals surface area contributed by atoms with E-state index in [2.05, 4.69) is 20.6 Å². The van der Waals surface area contributed by atoms with Crippen molar-refractivity contribution < 1.29 is 14.4 Å². The quantitative estimate of drug-likeness (QED) is 0.265. The molecule has 2 aromatic carbocycles. The molecule has 0 saturated carbocycles. The van der Waals surface area contributed by atoms with E-state index in [0.29, 0.717) is 52.5 Å². The number of amides is 2. The topological polar surface area (TPSA) is 145 Å². The number of rotatable bonds is 8. The minimum Gasteiger partial charge on any atom is -0.383 e. The first kappa shape index (κ1) is 25.3. The molecular formula is C29H25N7O3. The Morgan fingerprint density at radius 1 is 0.974 bits per heavy atom. The fourth-order valence-corrected chi connectivity index (χ4v) is 4.27. The Morgan fingerprint density at radius 3 is 2.46 bits per heavy atom. The third kappa shape index (κ3) is 5.49. The highest BCUT2D eigenvalue weighted by molar-refractivity contribution is 5.95. The average Bonchev–Trinajstić information content (AvgIpc) is 3.32. The van der Waals surface area contributed by atoms with Crippen molar-refractivity contribution in [3.63, 3.8) is 0 Å². The Labute approximate surface area is 223 Å². The number of hydrogen-bond acceptors (Lipinski definition) is 7. The lowest BCUT2D eigenvalue weighted by molar-refractivity contribution is -0.120. The van der Waals surface area contributed by atoms with Gasteiger partial charge in [0.05, 0.1) is 17.7 Å². The molecule has 5 rings (SSSR count). The molecule has 39 heavy (non-hydrogen) atoms. The van der Waals surface area contributed by atoms with Crippen molar-refractivity contribution in [1.29, 1.82) is 0 Å². The zero-order chi connectivity index (χ0) is 27.4. The molecule has 5 aromatic rings. The van der Waals surface area contributed by atoms with Crippen LogP contribution in [0.15, 0.2) is 79.1 Å². The van der Waals surface area contributed by atoms with E-state index in [1.165, 1.54) is 6.92 Å². The molecule has 3 heterocycles. The lowest BCUT2D eigenvalue weighted by Gasteiger charge is -2.12. The second kappa shape index (κ2) is 10.9. The average molecular weight is 520 g/mol. The fourth-order valence-electron chi connectivity index (χ4n) is 4.27. The second-order valence-corrected chi connectivity index (χ2v) is 8.89. The van der Waals surface area contributed by atoms with Crippen molar-refractivity contribution in [1.82, 2.24) is 24.8 Å². The van der Waals surface area contributed by atoms with Crippen LogP contribution >= 0.6 is 0 Å². The Balaban J connectivity index is 1.32. The molecule has 4 N–H and O–H groups in total. The Kier molecular flexibility index (Phi) is 7.09. The molecule has 10 nitrogen and oxygen atoms in total. The van der Waals surface area contributed by atoms with Crippen molar-refractivity contribution in [2.24, 2.45) is 0 Å². The van der Waals surface area contributed by atoms with Gasteiger partial charge in [-0.15, -0.1) is 0 Å². The molecule has 0 radical (unpaired) electrons. The van der Waals surface area contributed by atoms with Crippen LogP contribution in [0, 0.1) is 0 Å². The molecule has 0 aliphatic heterocycles. The predicted octanol–water partition coefficient (Wildman–Crippen LogP) is 3.69. The normalized spacial score (nSPS) is 10.8. The number of nitrogen functional groups attached to an aromatic ring is 1. The van der Waals surface area contributed by atoms with Gasteiger partial charge in [0, 0.05) is 37.1 Å². The standard InChI is InChI=1S/C29H25N7O3/c1-18(38)34-25-14-20(6-9-21(25)17-37)15-26(39)33-16-19-7-10-22(11-8-19)36-28(23-4-2-12-31-27(23)30)35-24-5-3-13-32-29(24)36/h2-14,17H,15-16H2,1H3,(H2,30,31)(H,33,39)(H,34,38). The number of benzene rings is 2. The van der Waals surface area contributed by atoms with E-state index in [4.69, 9.17) is 10.7 Å². The summed E-state index contributed by atoms with van der Waals surface area (Å²) in [6.45, 7) is 1.69. The summed E-state index contributed by atoms with van der Waals surface area (Å²) < 4.78 is 1.93. The summed E-state index contributed by atoms with van der Waals surface area (Å²) in [7, 11) is 0. The van der Waals surface area contributed by atoms with Crippen LogP contribution in [0.4, 0.5) is 11.5 Å². The molecule has 0 fully saturated rings. The molecule has 0 spiro atoms. The Hall–Kier alpha value is -5.38. The highest BCUT2D eigenvalue weighted by Gasteiger charge is 2.17. The van der Waals surface area contributed by atoms with Crippen LogP contribution in [0.3, 0.4) is 0 Å². The molecule has 10 heteroatoms. The molecular weight excluding hydrogens is 494 g/mol. The van der Waals surface area contributed by atoms with Crippen LogP contribution in [-0.4, -0.2) is 37.6 Å². The van der Waals surface area contributed by atoms with E-state index in [1.807, 2.05) is 53.1 Å². The van der Waals surface area contributed by atoms with E-state index in [0.717, 1.165) is 16.8 Å². The maximum Gasteiger partial charge on any atom is 0.224 e. The molecule has 0 atom stereocenters. The van der Waals surface area contributed by atoms with E-state index in [1.54, 1.807) is 30.6 Å². The van der Waals surface area contributed by atoms with Gasteiger partial charge in [-0.1, -0.05) is 18.2 Å². The number of aldehydes is 1. The molecule has 2 amide bonds. The monoisotopic (exact) mass is 519 g/mol. The zero-order valence-corrected chi connectivity index (χ0v) is 21.1. The van der Waals surface area contributed by atoms with Gasteiger partial charge in [0.1, 0.15) is 11.3 Å². The van der Waals surface area contributed by atoms with E-state index in [9.17, 15) is 14.4 Å². The van der Waals surface area contributed by atoms with Crippen LogP contribution < -0.4 is 16.4 Å². The largest absolute Gasteiger partial charge is 0.383 e. The summed E-state index contributed by atoms with van der Waals surface area (Å²) in [5.41, 5.74) is 11.4. The Bertz CT molecular complexity index is 1690. The number of imidazole rings is 1. The molecule has 0 saturated heterocycles. The first-order chi connectivity index (χ1) is 18.9. The zero-order valence-electron chi connectivity index (χ0n) is 21.1. The molecule has 0 aliphatic rings. The highest BCUT2D eigenvalue weighted by atomic mass is 16.2. The summed E-state index contributed by atoms with van der Waals surface area (Å²) >= 11 is 0. The number of fused-ring (bicyclic) bond motifs is 1. The number of carbonyl (C=O) groups is 3. The minimum absolute atomic E-state index is 0.104. The molecule has 0 bridgehead atoms. The minimum atomic E-state index is -0.293. The maximum atomic E-state index is 12.6. The van der Waals surface area contributed by atoms with E-state index < -0.39 is 0 Å². The third-order valence-corrected chi connectivity index (χ3v) is 6.10. The molecule has 0 unspecified atom stereocenters. The number of pyridine rings is 2.